The number of aliphatic hydroxyl groups is 1. The van der Waals surface area contributed by atoms with Gasteiger partial charge in [-0.15, -0.1) is 0 Å². The summed E-state index contributed by atoms with van der Waals surface area (Å²) in [5.41, 5.74) is 0. The molecule has 0 bridgehead atoms. The highest BCUT2D eigenvalue weighted by Crippen LogP contribution is 2.20. The van der Waals surface area contributed by atoms with Crippen LogP contribution in [0.1, 0.15) is 142 Å². The standard InChI is InChI=1S/C28H57NO3/c1-3-5-7-9-11-12-14-17-21-27(20-16-13-10-8-6-4-2)26-32-28(31)22-18-15-19-23-29-24-25-30/h27,29-30H,3-26H2,1-2H3. The molecule has 0 amide bonds. The summed E-state index contributed by atoms with van der Waals surface area (Å²) >= 11 is 0. The number of hydrogen-bond donors (Lipinski definition) is 2. The molecule has 0 heterocycles. The Labute approximate surface area is 200 Å². The number of rotatable bonds is 26. The van der Waals surface area contributed by atoms with Gasteiger partial charge in [0.15, 0.2) is 0 Å². The highest BCUT2D eigenvalue weighted by Gasteiger charge is 2.12. The minimum atomic E-state index is -0.0165. The van der Waals surface area contributed by atoms with Crippen LogP contribution in [-0.4, -0.2) is 37.4 Å². The van der Waals surface area contributed by atoms with Gasteiger partial charge in [0.2, 0.25) is 0 Å². The van der Waals surface area contributed by atoms with E-state index in [1.165, 1.54) is 103 Å². The van der Waals surface area contributed by atoms with Gasteiger partial charge in [0.05, 0.1) is 13.2 Å². The van der Waals surface area contributed by atoms with Crippen LogP contribution in [0.4, 0.5) is 0 Å². The van der Waals surface area contributed by atoms with Crippen LogP contribution in [0.3, 0.4) is 0 Å². The summed E-state index contributed by atoms with van der Waals surface area (Å²) in [6.07, 6.45) is 24.8. The fourth-order valence-corrected chi connectivity index (χ4v) is 4.27. The van der Waals surface area contributed by atoms with Crippen LogP contribution in [-0.2, 0) is 9.53 Å². The molecule has 192 valence electrons. The highest BCUT2D eigenvalue weighted by atomic mass is 16.5. The van der Waals surface area contributed by atoms with Gasteiger partial charge in [-0.25, -0.2) is 0 Å². The molecule has 0 rings (SSSR count). The van der Waals surface area contributed by atoms with E-state index in [-0.39, 0.29) is 12.6 Å². The summed E-state index contributed by atoms with van der Waals surface area (Å²) in [4.78, 5) is 12.2. The number of nitrogens with one attached hydrogen (secondary N) is 1. The first kappa shape index (κ1) is 31.4. The van der Waals surface area contributed by atoms with Crippen LogP contribution in [0.2, 0.25) is 0 Å². The van der Waals surface area contributed by atoms with E-state index in [4.69, 9.17) is 9.84 Å². The van der Waals surface area contributed by atoms with Crippen molar-refractivity contribution >= 4 is 5.97 Å². The quantitative estimate of drug-likeness (QED) is 0.104. The van der Waals surface area contributed by atoms with E-state index in [0.717, 1.165) is 25.8 Å². The SMILES string of the molecule is CCCCCCCCCCC(CCCCCCCC)COC(=O)CCCCCNCCO. The molecule has 0 aliphatic rings. The molecular weight excluding hydrogens is 398 g/mol. The molecule has 4 heteroatoms. The predicted octanol–water partition coefficient (Wildman–Crippen LogP) is 7.57. The van der Waals surface area contributed by atoms with E-state index in [2.05, 4.69) is 19.2 Å². The van der Waals surface area contributed by atoms with E-state index in [1.807, 2.05) is 0 Å². The molecule has 0 fully saturated rings. The average molecular weight is 456 g/mol. The zero-order valence-corrected chi connectivity index (χ0v) is 21.8. The number of ether oxygens (including phenoxy) is 1. The third-order valence-corrected chi connectivity index (χ3v) is 6.43. The van der Waals surface area contributed by atoms with Crippen LogP contribution in [0, 0.1) is 5.92 Å². The molecular formula is C28H57NO3. The van der Waals surface area contributed by atoms with Gasteiger partial charge >= 0.3 is 5.97 Å². The molecule has 0 aromatic rings. The summed E-state index contributed by atoms with van der Waals surface area (Å²) in [6.45, 7) is 6.92. The second-order valence-electron chi connectivity index (χ2n) is 9.65. The third kappa shape index (κ3) is 24.0. The second kappa shape index (κ2) is 26.6. The Kier molecular flexibility index (Phi) is 26.1. The van der Waals surface area contributed by atoms with Crippen molar-refractivity contribution in [2.24, 2.45) is 5.92 Å². The molecule has 0 aromatic heterocycles. The van der Waals surface area contributed by atoms with E-state index < -0.39 is 0 Å². The van der Waals surface area contributed by atoms with Crippen LogP contribution >= 0.6 is 0 Å². The molecule has 0 saturated heterocycles. The lowest BCUT2D eigenvalue weighted by molar-refractivity contribution is -0.145. The molecule has 32 heavy (non-hydrogen) atoms. The normalized spacial score (nSPS) is 12.2. The van der Waals surface area contributed by atoms with Crippen LogP contribution < -0.4 is 5.32 Å². The first-order valence-electron chi connectivity index (χ1n) is 14.2. The van der Waals surface area contributed by atoms with Gasteiger partial charge in [-0.05, 0) is 38.1 Å². The molecule has 0 aliphatic carbocycles. The maximum absolute atomic E-state index is 12.2. The second-order valence-corrected chi connectivity index (χ2v) is 9.65. The van der Waals surface area contributed by atoms with Crippen molar-refractivity contribution in [2.45, 2.75) is 142 Å². The molecule has 2 N–H and O–H groups in total. The van der Waals surface area contributed by atoms with Crippen molar-refractivity contribution in [3.63, 3.8) is 0 Å². The number of carbonyl (C=O) groups excluding carboxylic acids is 1. The number of esters is 1. The van der Waals surface area contributed by atoms with Gasteiger partial charge in [-0.2, -0.15) is 0 Å². The van der Waals surface area contributed by atoms with Crippen molar-refractivity contribution in [3.8, 4) is 0 Å². The number of carbonyl (C=O) groups is 1. The largest absolute Gasteiger partial charge is 0.465 e. The smallest absolute Gasteiger partial charge is 0.305 e. The molecule has 0 saturated carbocycles. The lowest BCUT2D eigenvalue weighted by atomic mass is 9.94. The monoisotopic (exact) mass is 455 g/mol. The topological polar surface area (TPSA) is 58.6 Å². The molecule has 0 aliphatic heterocycles. The molecule has 0 spiro atoms. The number of unbranched alkanes of at least 4 members (excludes halogenated alkanes) is 14. The molecule has 1 atom stereocenters. The Morgan fingerprint density at radius 2 is 1.19 bits per heavy atom. The van der Waals surface area contributed by atoms with Gasteiger partial charge in [0, 0.05) is 13.0 Å². The highest BCUT2D eigenvalue weighted by molar-refractivity contribution is 5.69. The van der Waals surface area contributed by atoms with Crippen LogP contribution in [0.25, 0.3) is 0 Å². The molecule has 1 unspecified atom stereocenters. The van der Waals surface area contributed by atoms with Gasteiger partial charge in [0.1, 0.15) is 0 Å². The summed E-state index contributed by atoms with van der Waals surface area (Å²) in [7, 11) is 0. The van der Waals surface area contributed by atoms with Crippen molar-refractivity contribution in [2.75, 3.05) is 26.3 Å². The van der Waals surface area contributed by atoms with E-state index in [0.29, 0.717) is 25.5 Å². The van der Waals surface area contributed by atoms with Gasteiger partial charge in [-0.3, -0.25) is 4.79 Å². The lowest BCUT2D eigenvalue weighted by Crippen LogP contribution is -2.19. The minimum Gasteiger partial charge on any atom is -0.465 e. The summed E-state index contributed by atoms with van der Waals surface area (Å²) in [5, 5.41) is 11.9. The maximum Gasteiger partial charge on any atom is 0.305 e. The summed E-state index contributed by atoms with van der Waals surface area (Å²) in [6, 6.07) is 0. The third-order valence-electron chi connectivity index (χ3n) is 6.43. The lowest BCUT2D eigenvalue weighted by Gasteiger charge is -2.17. The Balaban J connectivity index is 3.97. The summed E-state index contributed by atoms with van der Waals surface area (Å²) < 4.78 is 5.68. The van der Waals surface area contributed by atoms with Gasteiger partial charge in [-0.1, -0.05) is 110 Å². The maximum atomic E-state index is 12.2. The van der Waals surface area contributed by atoms with Crippen molar-refractivity contribution in [1.82, 2.24) is 5.32 Å². The van der Waals surface area contributed by atoms with Gasteiger partial charge < -0.3 is 15.2 Å². The van der Waals surface area contributed by atoms with E-state index in [1.54, 1.807) is 0 Å². The Morgan fingerprint density at radius 3 is 1.72 bits per heavy atom. The van der Waals surface area contributed by atoms with E-state index >= 15 is 0 Å². The average Bonchev–Trinajstić information content (AvgIpc) is 2.80. The molecule has 0 aromatic carbocycles. The number of aliphatic hydroxyl groups excluding tert-OH is 1. The summed E-state index contributed by atoms with van der Waals surface area (Å²) in [5.74, 6) is 0.532. The van der Waals surface area contributed by atoms with Crippen LogP contribution in [0.15, 0.2) is 0 Å². The fourth-order valence-electron chi connectivity index (χ4n) is 4.27. The number of hydrogen-bond acceptors (Lipinski definition) is 4. The Morgan fingerprint density at radius 1 is 0.688 bits per heavy atom. The first-order chi connectivity index (χ1) is 15.7. The molecule has 4 nitrogen and oxygen atoms in total. The van der Waals surface area contributed by atoms with Crippen molar-refractivity contribution in [1.29, 1.82) is 0 Å². The Hall–Kier alpha value is -0.610. The fraction of sp³-hybridized carbons (Fsp3) is 0.964. The zero-order chi connectivity index (χ0) is 23.5. The van der Waals surface area contributed by atoms with Crippen molar-refractivity contribution in [3.05, 3.63) is 0 Å². The molecule has 0 radical (unpaired) electrons. The van der Waals surface area contributed by atoms with E-state index in [9.17, 15) is 4.79 Å². The zero-order valence-electron chi connectivity index (χ0n) is 21.8. The minimum absolute atomic E-state index is 0.0165. The van der Waals surface area contributed by atoms with Crippen molar-refractivity contribution < 1.29 is 14.6 Å². The van der Waals surface area contributed by atoms with Gasteiger partial charge in [0.25, 0.3) is 0 Å². The predicted molar refractivity (Wildman–Crippen MR) is 138 cm³/mol. The Bertz CT molecular complexity index is 376. The first-order valence-corrected chi connectivity index (χ1v) is 14.2. The van der Waals surface area contributed by atoms with Crippen LogP contribution in [0.5, 0.6) is 0 Å².